The largest absolute Gasteiger partial charge is 0.467 e. The number of nitrogens with one attached hydrogen (secondary N) is 1. The lowest BCUT2D eigenvalue weighted by molar-refractivity contribution is -0.145. The molecular formula is C31H38ClN3O6. The molecule has 0 saturated heterocycles. The van der Waals surface area contributed by atoms with Crippen LogP contribution in [0.4, 0.5) is 4.79 Å². The summed E-state index contributed by atoms with van der Waals surface area (Å²) >= 11 is 6.00. The van der Waals surface area contributed by atoms with Crippen molar-refractivity contribution >= 4 is 41.2 Å². The average molecular weight is 584 g/mol. The third kappa shape index (κ3) is 11.0. The molecule has 0 aromatic heterocycles. The minimum atomic E-state index is -1.08. The molecule has 0 spiro atoms. The highest BCUT2D eigenvalue weighted by atomic mass is 35.5. The maximum absolute atomic E-state index is 13.4. The van der Waals surface area contributed by atoms with Crippen LogP contribution in [0.5, 0.6) is 0 Å². The summed E-state index contributed by atoms with van der Waals surface area (Å²) in [5, 5.41) is 3.16. The van der Waals surface area contributed by atoms with E-state index in [1.807, 2.05) is 30.3 Å². The summed E-state index contributed by atoms with van der Waals surface area (Å²) < 4.78 is 10.2. The SMILES string of the molecule is COC(=O)[C@H](CCC(=O)N(C)Cc1ccccc1)NC(=O)C(CC1CCCCC1)=NC(=O)OCc1cccc(Cl)c1. The number of aliphatic imine (C=N–C) groups is 1. The van der Waals surface area contributed by atoms with Gasteiger partial charge in [0.2, 0.25) is 5.91 Å². The van der Waals surface area contributed by atoms with Crippen LogP contribution >= 0.6 is 11.6 Å². The Balaban J connectivity index is 1.66. The lowest BCUT2D eigenvalue weighted by Gasteiger charge is -2.23. The molecule has 1 fully saturated rings. The van der Waals surface area contributed by atoms with Crippen LogP contribution in [0.15, 0.2) is 59.6 Å². The quantitative estimate of drug-likeness (QED) is 0.261. The Morgan fingerprint density at radius 1 is 1.02 bits per heavy atom. The van der Waals surface area contributed by atoms with Gasteiger partial charge in [-0.3, -0.25) is 9.59 Å². The summed E-state index contributed by atoms with van der Waals surface area (Å²) in [4.78, 5) is 56.8. The van der Waals surface area contributed by atoms with Gasteiger partial charge in [-0.25, -0.2) is 9.59 Å². The van der Waals surface area contributed by atoms with Crippen molar-refractivity contribution in [3.05, 3.63) is 70.7 Å². The molecule has 1 aliphatic carbocycles. The van der Waals surface area contributed by atoms with E-state index in [4.69, 9.17) is 21.1 Å². The fourth-order valence-electron chi connectivity index (χ4n) is 4.80. The molecule has 2 aromatic rings. The Hall–Kier alpha value is -3.72. The molecule has 1 aliphatic rings. The lowest BCUT2D eigenvalue weighted by Crippen LogP contribution is -2.45. The number of hydrogen-bond donors (Lipinski definition) is 1. The number of nitrogens with zero attached hydrogens (tertiary/aromatic N) is 2. The number of halogens is 1. The second-order valence-corrected chi connectivity index (χ2v) is 10.7. The van der Waals surface area contributed by atoms with Gasteiger partial charge in [-0.1, -0.05) is 86.2 Å². The van der Waals surface area contributed by atoms with Crippen molar-refractivity contribution in [2.75, 3.05) is 14.2 Å². The van der Waals surface area contributed by atoms with Crippen LogP contribution in [0, 0.1) is 5.92 Å². The fourth-order valence-corrected chi connectivity index (χ4v) is 5.02. The van der Waals surface area contributed by atoms with E-state index in [1.54, 1.807) is 36.2 Å². The maximum Gasteiger partial charge on any atom is 0.434 e. The first-order valence-corrected chi connectivity index (χ1v) is 14.3. The minimum Gasteiger partial charge on any atom is -0.467 e. The van der Waals surface area contributed by atoms with Crippen molar-refractivity contribution in [2.24, 2.45) is 10.9 Å². The first-order chi connectivity index (χ1) is 19.7. The molecule has 0 heterocycles. The molecule has 0 bridgehead atoms. The molecule has 220 valence electrons. The Morgan fingerprint density at radius 2 is 1.73 bits per heavy atom. The van der Waals surface area contributed by atoms with E-state index in [1.165, 1.54) is 7.11 Å². The zero-order chi connectivity index (χ0) is 29.6. The summed E-state index contributed by atoms with van der Waals surface area (Å²) in [6.07, 6.45) is 4.49. The molecule has 0 unspecified atom stereocenters. The van der Waals surface area contributed by atoms with Crippen LogP contribution in [0.2, 0.25) is 5.02 Å². The number of carbonyl (C=O) groups is 4. The topological polar surface area (TPSA) is 114 Å². The number of esters is 1. The summed E-state index contributed by atoms with van der Waals surface area (Å²) in [5.41, 5.74) is 1.66. The molecule has 10 heteroatoms. The van der Waals surface area contributed by atoms with Gasteiger partial charge in [0.1, 0.15) is 18.4 Å². The summed E-state index contributed by atoms with van der Waals surface area (Å²) in [5.74, 6) is -1.33. The predicted molar refractivity (Wildman–Crippen MR) is 156 cm³/mol. The van der Waals surface area contributed by atoms with E-state index in [9.17, 15) is 19.2 Å². The molecule has 3 rings (SSSR count). The molecule has 1 saturated carbocycles. The molecule has 0 aliphatic heterocycles. The highest BCUT2D eigenvalue weighted by molar-refractivity contribution is 6.40. The molecule has 3 amide bonds. The van der Waals surface area contributed by atoms with E-state index in [-0.39, 0.29) is 43.4 Å². The summed E-state index contributed by atoms with van der Waals surface area (Å²) in [7, 11) is 2.90. The number of carbonyl (C=O) groups excluding carboxylic acids is 4. The number of ether oxygens (including phenoxy) is 2. The third-order valence-corrected chi connectivity index (χ3v) is 7.31. The molecule has 1 atom stereocenters. The molecule has 2 aromatic carbocycles. The number of methoxy groups -OCH3 is 1. The predicted octanol–water partition coefficient (Wildman–Crippen LogP) is 5.48. The van der Waals surface area contributed by atoms with Crippen LogP contribution in [-0.4, -0.2) is 54.7 Å². The van der Waals surface area contributed by atoms with E-state index < -0.39 is 24.0 Å². The fraction of sp³-hybridized carbons (Fsp3) is 0.452. The number of amides is 3. The van der Waals surface area contributed by atoms with Gasteiger partial charge in [0.15, 0.2) is 0 Å². The minimum absolute atomic E-state index is 0.00517. The van der Waals surface area contributed by atoms with E-state index >= 15 is 0 Å². The van der Waals surface area contributed by atoms with Crippen LogP contribution in [0.25, 0.3) is 0 Å². The first-order valence-electron chi connectivity index (χ1n) is 13.9. The van der Waals surface area contributed by atoms with Gasteiger partial charge in [0, 0.05) is 25.0 Å². The normalized spacial score (nSPS) is 14.6. The van der Waals surface area contributed by atoms with Gasteiger partial charge in [-0.05, 0) is 42.0 Å². The summed E-state index contributed by atoms with van der Waals surface area (Å²) in [6.45, 7) is 0.370. The monoisotopic (exact) mass is 583 g/mol. The van der Waals surface area contributed by atoms with Crippen molar-refractivity contribution in [2.45, 2.75) is 70.6 Å². The van der Waals surface area contributed by atoms with Crippen molar-refractivity contribution in [3.8, 4) is 0 Å². The molecular weight excluding hydrogens is 546 g/mol. The second-order valence-electron chi connectivity index (χ2n) is 10.3. The smallest absolute Gasteiger partial charge is 0.434 e. The van der Waals surface area contributed by atoms with Crippen molar-refractivity contribution in [1.29, 1.82) is 0 Å². The first kappa shape index (κ1) is 31.8. The van der Waals surface area contributed by atoms with Crippen molar-refractivity contribution in [1.82, 2.24) is 10.2 Å². The molecule has 1 N–H and O–H groups in total. The Bertz CT molecular complexity index is 1210. The van der Waals surface area contributed by atoms with Gasteiger partial charge < -0.3 is 19.7 Å². The Kier molecular flexibility index (Phi) is 12.8. The third-order valence-electron chi connectivity index (χ3n) is 7.07. The van der Waals surface area contributed by atoms with E-state index in [0.717, 1.165) is 37.7 Å². The average Bonchev–Trinajstić information content (AvgIpc) is 2.98. The lowest BCUT2D eigenvalue weighted by atomic mass is 9.85. The van der Waals surface area contributed by atoms with Gasteiger partial charge in [0.25, 0.3) is 5.91 Å². The maximum atomic E-state index is 13.4. The zero-order valence-corrected chi connectivity index (χ0v) is 24.4. The molecule has 41 heavy (non-hydrogen) atoms. The van der Waals surface area contributed by atoms with Crippen LogP contribution < -0.4 is 5.32 Å². The molecule has 0 radical (unpaired) electrons. The van der Waals surface area contributed by atoms with Gasteiger partial charge >= 0.3 is 12.1 Å². The Labute approximate surface area is 246 Å². The standard InChI is InChI=1S/C31H38ClN3O6/c1-35(20-23-12-7-4-8-13-23)28(36)17-16-26(30(38)40-2)33-29(37)27(19-22-10-5-3-6-11-22)34-31(39)41-21-24-14-9-15-25(32)18-24/h4,7-9,12-15,18,22,26H,3,5-6,10-11,16-17,19-21H2,1-2H3,(H,33,37)/t26-/m0/s1. The zero-order valence-electron chi connectivity index (χ0n) is 23.6. The number of hydrogen-bond acceptors (Lipinski definition) is 6. The van der Waals surface area contributed by atoms with Crippen LogP contribution in [0.3, 0.4) is 0 Å². The van der Waals surface area contributed by atoms with Crippen molar-refractivity contribution in [3.63, 3.8) is 0 Å². The van der Waals surface area contributed by atoms with Crippen LogP contribution in [0.1, 0.15) is 62.5 Å². The Morgan fingerprint density at radius 3 is 2.41 bits per heavy atom. The van der Waals surface area contributed by atoms with E-state index in [2.05, 4.69) is 10.3 Å². The number of rotatable bonds is 12. The second kappa shape index (κ2) is 16.5. The number of benzene rings is 2. The summed E-state index contributed by atoms with van der Waals surface area (Å²) in [6, 6.07) is 15.4. The van der Waals surface area contributed by atoms with Gasteiger partial charge in [0.05, 0.1) is 7.11 Å². The highest BCUT2D eigenvalue weighted by Gasteiger charge is 2.28. The highest BCUT2D eigenvalue weighted by Crippen LogP contribution is 2.27. The van der Waals surface area contributed by atoms with Gasteiger partial charge in [-0.2, -0.15) is 4.99 Å². The van der Waals surface area contributed by atoms with Gasteiger partial charge in [-0.15, -0.1) is 0 Å². The van der Waals surface area contributed by atoms with Crippen LogP contribution in [-0.2, 0) is 37.0 Å². The molecule has 9 nitrogen and oxygen atoms in total. The van der Waals surface area contributed by atoms with E-state index in [0.29, 0.717) is 17.1 Å². The van der Waals surface area contributed by atoms with Crippen molar-refractivity contribution < 1.29 is 28.7 Å².